The van der Waals surface area contributed by atoms with Gasteiger partial charge in [-0.25, -0.2) is 0 Å². The smallest absolute Gasteiger partial charge is 0.325 e. The fourth-order valence-corrected chi connectivity index (χ4v) is 1.87. The summed E-state index contributed by atoms with van der Waals surface area (Å²) in [5.74, 6) is -0.860. The van der Waals surface area contributed by atoms with Gasteiger partial charge in [-0.05, 0) is 17.7 Å². The molecule has 0 fully saturated rings. The van der Waals surface area contributed by atoms with E-state index < -0.39 is 5.97 Å². The Morgan fingerprint density at radius 1 is 1.13 bits per heavy atom. The second-order valence-corrected chi connectivity index (χ2v) is 4.77. The molecule has 1 amide bonds. The summed E-state index contributed by atoms with van der Waals surface area (Å²) in [6.07, 6.45) is 1.54. The molecule has 1 aromatic carbocycles. The summed E-state index contributed by atoms with van der Waals surface area (Å²) in [4.78, 5) is 27.1. The number of nitrogens with one attached hydrogen (secondary N) is 1. The first kappa shape index (κ1) is 16.6. The van der Waals surface area contributed by atoms with Crippen LogP contribution in [-0.2, 0) is 27.5 Å². The van der Waals surface area contributed by atoms with Crippen molar-refractivity contribution in [3.8, 4) is 0 Å². The number of pyridine rings is 1. The van der Waals surface area contributed by atoms with E-state index in [9.17, 15) is 9.59 Å². The Labute approximate surface area is 134 Å². The van der Waals surface area contributed by atoms with Crippen LogP contribution in [0, 0.1) is 0 Å². The van der Waals surface area contributed by atoms with Crippen molar-refractivity contribution in [2.24, 2.45) is 0 Å². The van der Waals surface area contributed by atoms with Gasteiger partial charge in [-0.15, -0.1) is 0 Å². The monoisotopic (exact) mass is 314 g/mol. The summed E-state index contributed by atoms with van der Waals surface area (Å²) in [7, 11) is 1.27. The Kier molecular flexibility index (Phi) is 6.26. The quantitative estimate of drug-likeness (QED) is 0.787. The third-order valence-electron chi connectivity index (χ3n) is 3.06. The molecule has 1 heterocycles. The maximum atomic E-state index is 11.9. The van der Waals surface area contributed by atoms with Crippen LogP contribution in [0.3, 0.4) is 0 Å². The van der Waals surface area contributed by atoms with E-state index in [0.29, 0.717) is 24.5 Å². The summed E-state index contributed by atoms with van der Waals surface area (Å²) < 4.78 is 10.1. The maximum absolute atomic E-state index is 11.9. The first-order chi connectivity index (χ1) is 11.2. The molecule has 0 aliphatic heterocycles. The van der Waals surface area contributed by atoms with Crippen molar-refractivity contribution < 1.29 is 19.1 Å². The third-order valence-corrected chi connectivity index (χ3v) is 3.06. The van der Waals surface area contributed by atoms with Crippen LogP contribution in [0.15, 0.2) is 48.7 Å². The number of hydrogen-bond acceptors (Lipinski definition) is 5. The molecule has 0 bridgehead atoms. The van der Waals surface area contributed by atoms with Crippen molar-refractivity contribution in [3.63, 3.8) is 0 Å². The van der Waals surface area contributed by atoms with Crippen molar-refractivity contribution in [1.29, 1.82) is 0 Å². The first-order valence-electron chi connectivity index (χ1n) is 7.10. The fraction of sp³-hybridized carbons (Fsp3) is 0.235. The van der Waals surface area contributed by atoms with Gasteiger partial charge >= 0.3 is 5.97 Å². The average molecular weight is 314 g/mol. The van der Waals surface area contributed by atoms with Gasteiger partial charge < -0.3 is 14.8 Å². The number of amides is 1. The molecule has 0 aliphatic rings. The zero-order valence-electron chi connectivity index (χ0n) is 12.8. The largest absolute Gasteiger partial charge is 0.468 e. The SMILES string of the molecule is COC(=O)CNC(=O)c1ccnc(COCc2ccccc2)c1. The molecule has 0 radical (unpaired) electrons. The molecule has 2 rings (SSSR count). The Hall–Kier alpha value is -2.73. The molecule has 6 nitrogen and oxygen atoms in total. The molecule has 0 aliphatic carbocycles. The summed E-state index contributed by atoms with van der Waals surface area (Å²) >= 11 is 0. The minimum atomic E-state index is -0.501. The van der Waals surface area contributed by atoms with Crippen LogP contribution in [0.1, 0.15) is 21.6 Å². The van der Waals surface area contributed by atoms with Gasteiger partial charge in [0.05, 0.1) is 26.0 Å². The molecule has 0 saturated carbocycles. The fourth-order valence-electron chi connectivity index (χ4n) is 1.87. The van der Waals surface area contributed by atoms with Gasteiger partial charge in [0.15, 0.2) is 0 Å². The highest BCUT2D eigenvalue weighted by atomic mass is 16.5. The average Bonchev–Trinajstić information content (AvgIpc) is 2.60. The Morgan fingerprint density at radius 3 is 2.65 bits per heavy atom. The number of carbonyl (C=O) groups is 2. The van der Waals surface area contributed by atoms with Crippen LogP contribution < -0.4 is 5.32 Å². The lowest BCUT2D eigenvalue weighted by Crippen LogP contribution is -2.30. The number of benzene rings is 1. The van der Waals surface area contributed by atoms with E-state index in [1.54, 1.807) is 12.1 Å². The Morgan fingerprint density at radius 2 is 1.91 bits per heavy atom. The predicted octanol–water partition coefficient (Wildman–Crippen LogP) is 1.70. The molecular weight excluding hydrogens is 296 g/mol. The molecule has 0 spiro atoms. The van der Waals surface area contributed by atoms with Crippen LogP contribution in [0.5, 0.6) is 0 Å². The number of methoxy groups -OCH3 is 1. The van der Waals surface area contributed by atoms with Gasteiger partial charge in [-0.3, -0.25) is 14.6 Å². The molecule has 6 heteroatoms. The van der Waals surface area contributed by atoms with E-state index in [1.165, 1.54) is 13.3 Å². The van der Waals surface area contributed by atoms with Crippen LogP contribution in [0.2, 0.25) is 0 Å². The number of esters is 1. The lowest BCUT2D eigenvalue weighted by molar-refractivity contribution is -0.139. The minimum absolute atomic E-state index is 0.169. The van der Waals surface area contributed by atoms with E-state index in [4.69, 9.17) is 4.74 Å². The highest BCUT2D eigenvalue weighted by Gasteiger charge is 2.09. The summed E-state index contributed by atoms with van der Waals surface area (Å²) in [5, 5.41) is 2.48. The molecular formula is C17H18N2O4. The van der Waals surface area contributed by atoms with Crippen molar-refractivity contribution in [2.45, 2.75) is 13.2 Å². The molecule has 1 aromatic heterocycles. The maximum Gasteiger partial charge on any atom is 0.325 e. The van der Waals surface area contributed by atoms with Gasteiger partial charge in [0.1, 0.15) is 6.54 Å². The highest BCUT2D eigenvalue weighted by Crippen LogP contribution is 2.06. The first-order valence-corrected chi connectivity index (χ1v) is 7.10. The molecule has 120 valence electrons. The highest BCUT2D eigenvalue weighted by molar-refractivity contribution is 5.95. The summed E-state index contributed by atoms with van der Waals surface area (Å²) in [6.45, 7) is 0.603. The zero-order valence-corrected chi connectivity index (χ0v) is 12.8. The summed E-state index contributed by atoms with van der Waals surface area (Å²) in [6, 6.07) is 13.0. The predicted molar refractivity (Wildman–Crippen MR) is 83.5 cm³/mol. The van der Waals surface area contributed by atoms with Crippen molar-refractivity contribution in [1.82, 2.24) is 10.3 Å². The van der Waals surface area contributed by atoms with Crippen LogP contribution >= 0.6 is 0 Å². The Bertz CT molecular complexity index is 659. The minimum Gasteiger partial charge on any atom is -0.468 e. The molecule has 0 saturated heterocycles. The number of rotatable bonds is 7. The van der Waals surface area contributed by atoms with Crippen LogP contribution in [0.4, 0.5) is 0 Å². The second-order valence-electron chi connectivity index (χ2n) is 4.77. The van der Waals surface area contributed by atoms with Gasteiger partial charge in [0, 0.05) is 11.8 Å². The van der Waals surface area contributed by atoms with E-state index in [0.717, 1.165) is 5.56 Å². The Balaban J connectivity index is 1.86. The lowest BCUT2D eigenvalue weighted by Gasteiger charge is -2.07. The van der Waals surface area contributed by atoms with E-state index in [-0.39, 0.29) is 12.5 Å². The van der Waals surface area contributed by atoms with E-state index >= 15 is 0 Å². The van der Waals surface area contributed by atoms with Crippen molar-refractivity contribution >= 4 is 11.9 Å². The van der Waals surface area contributed by atoms with Crippen LogP contribution in [-0.4, -0.2) is 30.5 Å². The van der Waals surface area contributed by atoms with Gasteiger partial charge in [-0.2, -0.15) is 0 Å². The van der Waals surface area contributed by atoms with Gasteiger partial charge in [-0.1, -0.05) is 30.3 Å². The van der Waals surface area contributed by atoms with Crippen LogP contribution in [0.25, 0.3) is 0 Å². The number of ether oxygens (including phenoxy) is 2. The summed E-state index contributed by atoms with van der Waals surface area (Å²) in [5.41, 5.74) is 2.13. The second kappa shape index (κ2) is 8.65. The molecule has 0 unspecified atom stereocenters. The molecule has 2 aromatic rings. The third kappa shape index (κ3) is 5.52. The molecule has 23 heavy (non-hydrogen) atoms. The molecule has 1 N–H and O–H groups in total. The molecule has 0 atom stereocenters. The van der Waals surface area contributed by atoms with Crippen molar-refractivity contribution in [3.05, 3.63) is 65.5 Å². The van der Waals surface area contributed by atoms with E-state index in [2.05, 4.69) is 15.0 Å². The zero-order chi connectivity index (χ0) is 16.5. The normalized spacial score (nSPS) is 10.1. The van der Waals surface area contributed by atoms with Gasteiger partial charge in [0.25, 0.3) is 5.91 Å². The number of hydrogen-bond donors (Lipinski definition) is 1. The number of nitrogens with zero attached hydrogens (tertiary/aromatic N) is 1. The standard InChI is InChI=1S/C17H18N2O4/c1-22-16(20)10-19-17(21)14-7-8-18-15(9-14)12-23-11-13-5-3-2-4-6-13/h2-9H,10-12H2,1H3,(H,19,21). The number of aromatic nitrogens is 1. The topological polar surface area (TPSA) is 77.5 Å². The van der Waals surface area contributed by atoms with Gasteiger partial charge in [0.2, 0.25) is 0 Å². The number of carbonyl (C=O) groups excluding carboxylic acids is 2. The van der Waals surface area contributed by atoms with Crippen molar-refractivity contribution in [2.75, 3.05) is 13.7 Å². The lowest BCUT2D eigenvalue weighted by atomic mass is 10.2. The van der Waals surface area contributed by atoms with E-state index in [1.807, 2.05) is 30.3 Å².